The normalized spacial score (nSPS) is 18.5. The summed E-state index contributed by atoms with van der Waals surface area (Å²) in [6.45, 7) is 7.71. The highest BCUT2D eigenvalue weighted by molar-refractivity contribution is 5.91. The van der Waals surface area contributed by atoms with Gasteiger partial charge in [-0.25, -0.2) is 9.13 Å². The third-order valence-corrected chi connectivity index (χ3v) is 7.02. The van der Waals surface area contributed by atoms with Crippen LogP contribution in [0.3, 0.4) is 0 Å². The third-order valence-electron chi connectivity index (χ3n) is 7.02. The molecule has 0 bridgehead atoms. The molecule has 1 heterocycles. The molecule has 2 aromatic carbocycles. The Labute approximate surface area is 202 Å². The van der Waals surface area contributed by atoms with Crippen LogP contribution in [0, 0.1) is 18.8 Å². The van der Waals surface area contributed by atoms with E-state index in [-0.39, 0.29) is 28.8 Å². The van der Waals surface area contributed by atoms with E-state index in [0.29, 0.717) is 12.0 Å². The highest BCUT2D eigenvalue weighted by Crippen LogP contribution is 2.49. The topological polar surface area (TPSA) is 51.9 Å². The van der Waals surface area contributed by atoms with Crippen molar-refractivity contribution in [2.24, 2.45) is 17.6 Å². The van der Waals surface area contributed by atoms with Gasteiger partial charge in [-0.2, -0.15) is 0 Å². The molecule has 5 heteroatoms. The first-order valence-corrected chi connectivity index (χ1v) is 11.4. The lowest BCUT2D eigenvalue weighted by atomic mass is 9.64. The minimum atomic E-state index is -0.813. The van der Waals surface area contributed by atoms with Gasteiger partial charge in [0.2, 0.25) is 5.91 Å². The average molecular weight is 496 g/mol. The number of hydrogen-bond donors (Lipinski definition) is 1. The lowest BCUT2D eigenvalue weighted by Crippen LogP contribution is -3.00. The van der Waals surface area contributed by atoms with Crippen molar-refractivity contribution in [1.29, 1.82) is 0 Å². The summed E-state index contributed by atoms with van der Waals surface area (Å²) in [6, 6.07) is 20.6. The monoisotopic (exact) mass is 495 g/mol. The Bertz CT molecular complexity index is 990. The van der Waals surface area contributed by atoms with Gasteiger partial charge in [-0.05, 0) is 42.2 Å². The molecule has 32 heavy (non-hydrogen) atoms. The standard InChI is InChI=1S/C27H33N3O.BrH/c1-20(2)19-29-16-17-30(21(29)3)25-15-14-24(18-25)27(26(28)31,22-10-6-4-7-11-22)23-12-8-5-9-13-23;/h4-13,16-17,20,24-25H,14-15,18-19H2,1-3H3,(H-,28,31);1H/t24-,25+;/m0./s1. The van der Waals surface area contributed by atoms with E-state index in [1.165, 1.54) is 5.82 Å². The first-order chi connectivity index (χ1) is 14.9. The molecule has 2 N–H and O–H groups in total. The molecule has 0 radical (unpaired) electrons. The van der Waals surface area contributed by atoms with Gasteiger partial charge >= 0.3 is 0 Å². The molecular weight excluding hydrogens is 462 g/mol. The Hall–Kier alpha value is -2.40. The van der Waals surface area contributed by atoms with Crippen molar-refractivity contribution in [2.75, 3.05) is 0 Å². The summed E-state index contributed by atoms with van der Waals surface area (Å²) in [4.78, 5) is 13.3. The fourth-order valence-electron chi connectivity index (χ4n) is 5.62. The highest BCUT2D eigenvalue weighted by atomic mass is 79.9. The van der Waals surface area contributed by atoms with Crippen molar-refractivity contribution in [3.8, 4) is 0 Å². The predicted molar refractivity (Wildman–Crippen MR) is 123 cm³/mol. The Kier molecular flexibility index (Phi) is 7.60. The summed E-state index contributed by atoms with van der Waals surface area (Å²) >= 11 is 0. The zero-order valence-electron chi connectivity index (χ0n) is 19.2. The molecule has 170 valence electrons. The molecule has 1 saturated carbocycles. The number of rotatable bonds is 7. The van der Waals surface area contributed by atoms with Crippen LogP contribution in [0.5, 0.6) is 0 Å². The van der Waals surface area contributed by atoms with Crippen LogP contribution in [0.1, 0.15) is 56.1 Å². The number of halogens is 1. The summed E-state index contributed by atoms with van der Waals surface area (Å²) < 4.78 is 4.75. The first kappa shape index (κ1) is 24.2. The maximum absolute atomic E-state index is 13.3. The van der Waals surface area contributed by atoms with Crippen molar-refractivity contribution in [3.63, 3.8) is 0 Å². The van der Waals surface area contributed by atoms with Crippen molar-refractivity contribution >= 4 is 5.91 Å². The number of benzene rings is 2. The number of hydrogen-bond acceptors (Lipinski definition) is 1. The summed E-state index contributed by atoms with van der Waals surface area (Å²) in [6.07, 6.45) is 7.36. The van der Waals surface area contributed by atoms with Crippen molar-refractivity contribution in [1.82, 2.24) is 4.57 Å². The number of carbonyl (C=O) groups excluding carboxylic acids is 1. The number of amides is 1. The molecule has 1 aromatic heterocycles. The number of imidazole rings is 1. The van der Waals surface area contributed by atoms with Crippen LogP contribution in [0.4, 0.5) is 0 Å². The van der Waals surface area contributed by atoms with E-state index in [2.05, 4.69) is 66.6 Å². The van der Waals surface area contributed by atoms with E-state index in [4.69, 9.17) is 5.73 Å². The lowest BCUT2D eigenvalue weighted by molar-refractivity contribution is -0.707. The minimum absolute atomic E-state index is 0. The number of nitrogens with zero attached hydrogens (tertiary/aromatic N) is 2. The van der Waals surface area contributed by atoms with Gasteiger partial charge in [-0.15, -0.1) is 0 Å². The molecule has 0 unspecified atom stereocenters. The lowest BCUT2D eigenvalue weighted by Gasteiger charge is -2.37. The van der Waals surface area contributed by atoms with Gasteiger partial charge in [-0.3, -0.25) is 4.79 Å². The Morgan fingerprint density at radius 3 is 2.12 bits per heavy atom. The van der Waals surface area contributed by atoms with Gasteiger partial charge in [0.1, 0.15) is 23.9 Å². The number of nitrogens with two attached hydrogens (primary N) is 1. The van der Waals surface area contributed by atoms with Gasteiger partial charge in [0.05, 0.1) is 6.54 Å². The summed E-state index contributed by atoms with van der Waals surface area (Å²) in [5.74, 6) is 1.78. The largest absolute Gasteiger partial charge is 1.00 e. The molecule has 1 amide bonds. The van der Waals surface area contributed by atoms with Gasteiger partial charge in [0.15, 0.2) is 0 Å². The molecule has 1 fully saturated rings. The Balaban J connectivity index is 0.00000289. The number of aromatic nitrogens is 2. The maximum atomic E-state index is 13.3. The quantitative estimate of drug-likeness (QED) is 0.496. The van der Waals surface area contributed by atoms with E-state index >= 15 is 0 Å². The van der Waals surface area contributed by atoms with Crippen LogP contribution in [-0.4, -0.2) is 10.5 Å². The van der Waals surface area contributed by atoms with Crippen LogP contribution >= 0.6 is 0 Å². The van der Waals surface area contributed by atoms with Crippen LogP contribution in [0.2, 0.25) is 0 Å². The van der Waals surface area contributed by atoms with Gasteiger partial charge in [0, 0.05) is 6.92 Å². The van der Waals surface area contributed by atoms with Gasteiger partial charge < -0.3 is 22.7 Å². The molecule has 0 spiro atoms. The fraction of sp³-hybridized carbons (Fsp3) is 0.407. The first-order valence-electron chi connectivity index (χ1n) is 11.4. The van der Waals surface area contributed by atoms with E-state index in [9.17, 15) is 4.79 Å². The summed E-state index contributed by atoms with van der Waals surface area (Å²) in [5, 5.41) is 0. The van der Waals surface area contributed by atoms with Crippen LogP contribution in [0.25, 0.3) is 0 Å². The van der Waals surface area contributed by atoms with E-state index < -0.39 is 5.41 Å². The number of primary amides is 1. The van der Waals surface area contributed by atoms with E-state index in [0.717, 1.165) is 36.9 Å². The smallest absolute Gasteiger partial charge is 0.253 e. The molecular formula is C27H34BrN3O. The molecule has 1 aliphatic rings. The molecule has 4 rings (SSSR count). The van der Waals surface area contributed by atoms with Crippen LogP contribution in [-0.2, 0) is 16.8 Å². The molecule has 2 atom stereocenters. The van der Waals surface area contributed by atoms with Gasteiger partial charge in [0.25, 0.3) is 5.82 Å². The third kappa shape index (κ3) is 4.27. The van der Waals surface area contributed by atoms with E-state index in [1.54, 1.807) is 0 Å². The fourth-order valence-corrected chi connectivity index (χ4v) is 5.62. The molecule has 1 aliphatic carbocycles. The van der Waals surface area contributed by atoms with Crippen LogP contribution < -0.4 is 27.3 Å². The second-order valence-corrected chi connectivity index (χ2v) is 9.37. The predicted octanol–water partition coefficient (Wildman–Crippen LogP) is 1.56. The molecule has 0 saturated heterocycles. The zero-order valence-corrected chi connectivity index (χ0v) is 20.8. The minimum Gasteiger partial charge on any atom is -1.00 e. The summed E-state index contributed by atoms with van der Waals surface area (Å²) in [5.41, 5.74) is 7.42. The Morgan fingerprint density at radius 2 is 1.62 bits per heavy atom. The summed E-state index contributed by atoms with van der Waals surface area (Å²) in [7, 11) is 0. The molecule has 3 aromatic rings. The number of carbonyl (C=O) groups is 1. The van der Waals surface area contributed by atoms with Crippen molar-refractivity contribution < 1.29 is 26.3 Å². The molecule has 4 nitrogen and oxygen atoms in total. The second kappa shape index (κ2) is 10.0. The average Bonchev–Trinajstić information content (AvgIpc) is 3.37. The zero-order chi connectivity index (χ0) is 22.0. The van der Waals surface area contributed by atoms with Gasteiger partial charge in [-0.1, -0.05) is 74.5 Å². The second-order valence-electron chi connectivity index (χ2n) is 9.37. The Morgan fingerprint density at radius 1 is 1.06 bits per heavy atom. The van der Waals surface area contributed by atoms with E-state index in [1.807, 2.05) is 36.4 Å². The van der Waals surface area contributed by atoms with Crippen molar-refractivity contribution in [2.45, 2.75) is 58.0 Å². The van der Waals surface area contributed by atoms with Crippen molar-refractivity contribution in [3.05, 3.63) is 90.0 Å². The SMILES string of the molecule is Cc1n([C@@H]2CC[C@H](C(C(N)=O)(c3ccccc3)c3ccccc3)C2)cc[n+]1CC(C)C.[Br-]. The molecule has 0 aliphatic heterocycles. The highest BCUT2D eigenvalue weighted by Gasteiger charge is 2.51. The maximum Gasteiger partial charge on any atom is 0.253 e. The van der Waals surface area contributed by atoms with Crippen LogP contribution in [0.15, 0.2) is 73.1 Å².